The van der Waals surface area contributed by atoms with Gasteiger partial charge in [-0.25, -0.2) is 0 Å². The molecule has 2 aliphatic rings. The van der Waals surface area contributed by atoms with Crippen molar-refractivity contribution in [3.05, 3.63) is 65.0 Å². The first-order chi connectivity index (χ1) is 14.9. The minimum absolute atomic E-state index is 0.121. The van der Waals surface area contributed by atoms with Gasteiger partial charge in [0.1, 0.15) is 6.54 Å². The molecule has 4 rings (SSSR count). The molecule has 3 heterocycles. The van der Waals surface area contributed by atoms with Crippen molar-refractivity contribution in [1.29, 1.82) is 0 Å². The van der Waals surface area contributed by atoms with E-state index in [0.29, 0.717) is 11.1 Å². The van der Waals surface area contributed by atoms with Crippen LogP contribution in [0.25, 0.3) is 0 Å². The molecule has 0 spiro atoms. The number of carbonyl (C=O) groups excluding carboxylic acids is 3. The highest BCUT2D eigenvalue weighted by Crippen LogP contribution is 2.24. The third kappa shape index (κ3) is 4.51. The highest BCUT2D eigenvalue weighted by atomic mass is 16.2. The first kappa shape index (κ1) is 21.2. The summed E-state index contributed by atoms with van der Waals surface area (Å²) >= 11 is 0. The second-order valence-corrected chi connectivity index (χ2v) is 8.39. The van der Waals surface area contributed by atoms with Crippen LogP contribution in [0, 0.1) is 6.92 Å². The maximum atomic E-state index is 12.9. The molecule has 31 heavy (non-hydrogen) atoms. The average Bonchev–Trinajstić information content (AvgIpc) is 3.02. The molecule has 1 saturated heterocycles. The lowest BCUT2D eigenvalue weighted by atomic mass is 10.0. The maximum absolute atomic E-state index is 12.9. The van der Waals surface area contributed by atoms with Gasteiger partial charge in [-0.1, -0.05) is 17.7 Å². The number of aromatic nitrogens is 1. The number of amides is 3. The van der Waals surface area contributed by atoms with Gasteiger partial charge in [0.05, 0.1) is 11.1 Å². The standard InChI is InChI=1S/C24H28N4O3/c1-17-6-7-20-21(15-17)24(31)28(23(20)30)16-22(29)26(2)19-9-13-27(14-10-19)12-8-18-5-3-4-11-25-18/h3-7,11,15,19H,8-10,12-14,16H2,1-2H3. The number of likely N-dealkylation sites (tertiary alicyclic amines) is 1. The van der Waals surface area contributed by atoms with Crippen LogP contribution >= 0.6 is 0 Å². The molecule has 7 heteroatoms. The predicted octanol–water partition coefficient (Wildman–Crippen LogP) is 2.15. The van der Waals surface area contributed by atoms with E-state index in [1.54, 1.807) is 24.1 Å². The fourth-order valence-corrected chi connectivity index (χ4v) is 4.35. The zero-order chi connectivity index (χ0) is 22.0. The molecule has 0 radical (unpaired) electrons. The topological polar surface area (TPSA) is 73.8 Å². The molecule has 2 aliphatic heterocycles. The first-order valence-corrected chi connectivity index (χ1v) is 10.8. The Morgan fingerprint density at radius 1 is 1.10 bits per heavy atom. The minimum atomic E-state index is -0.383. The molecule has 0 atom stereocenters. The molecule has 3 amide bonds. The summed E-state index contributed by atoms with van der Waals surface area (Å²) in [6.07, 6.45) is 4.49. The second kappa shape index (κ2) is 8.98. The number of carbonyl (C=O) groups is 3. The third-order valence-electron chi connectivity index (χ3n) is 6.33. The molecule has 0 unspecified atom stereocenters. The van der Waals surface area contributed by atoms with Gasteiger partial charge in [0.15, 0.2) is 0 Å². The largest absolute Gasteiger partial charge is 0.341 e. The number of fused-ring (bicyclic) bond motifs is 1. The van der Waals surface area contributed by atoms with Crippen LogP contribution in [0.2, 0.25) is 0 Å². The fraction of sp³-hybridized carbons (Fsp3) is 0.417. The number of hydrogen-bond acceptors (Lipinski definition) is 5. The Kier molecular flexibility index (Phi) is 6.13. The SMILES string of the molecule is Cc1ccc2c(c1)C(=O)N(CC(=O)N(C)C1CCN(CCc3ccccn3)CC1)C2=O. The van der Waals surface area contributed by atoms with Gasteiger partial charge < -0.3 is 9.80 Å². The highest BCUT2D eigenvalue weighted by Gasteiger charge is 2.37. The summed E-state index contributed by atoms with van der Waals surface area (Å²) in [5.74, 6) is -0.959. The van der Waals surface area contributed by atoms with Crippen molar-refractivity contribution < 1.29 is 14.4 Å². The third-order valence-corrected chi connectivity index (χ3v) is 6.33. The number of pyridine rings is 1. The summed E-state index contributed by atoms with van der Waals surface area (Å²) in [6, 6.07) is 11.3. The number of benzene rings is 1. The molecule has 1 aromatic heterocycles. The average molecular weight is 421 g/mol. The van der Waals surface area contributed by atoms with Crippen molar-refractivity contribution in [3.63, 3.8) is 0 Å². The summed E-state index contributed by atoms with van der Waals surface area (Å²) in [6.45, 7) is 4.46. The molecule has 7 nitrogen and oxygen atoms in total. The summed E-state index contributed by atoms with van der Waals surface area (Å²) in [7, 11) is 1.78. The van der Waals surface area contributed by atoms with Gasteiger partial charge in [-0.15, -0.1) is 0 Å². The van der Waals surface area contributed by atoms with E-state index in [-0.39, 0.29) is 30.3 Å². The van der Waals surface area contributed by atoms with Crippen LogP contribution < -0.4 is 0 Å². The van der Waals surface area contributed by atoms with E-state index in [2.05, 4.69) is 9.88 Å². The highest BCUT2D eigenvalue weighted by molar-refractivity contribution is 6.22. The van der Waals surface area contributed by atoms with Gasteiger partial charge in [0.2, 0.25) is 5.91 Å². The Balaban J connectivity index is 1.28. The number of aryl methyl sites for hydroxylation is 1. The first-order valence-electron chi connectivity index (χ1n) is 10.8. The molecule has 1 fully saturated rings. The lowest BCUT2D eigenvalue weighted by molar-refractivity contribution is -0.133. The molecule has 0 aliphatic carbocycles. The monoisotopic (exact) mass is 420 g/mol. The van der Waals surface area contributed by atoms with Crippen molar-refractivity contribution in [3.8, 4) is 0 Å². The summed E-state index contributed by atoms with van der Waals surface area (Å²) in [5, 5.41) is 0. The van der Waals surface area contributed by atoms with Gasteiger partial charge in [-0.05, 0) is 44.0 Å². The number of likely N-dealkylation sites (N-methyl/N-ethyl adjacent to an activating group) is 1. The lowest BCUT2D eigenvalue weighted by Gasteiger charge is -2.37. The molecule has 0 saturated carbocycles. The molecule has 162 valence electrons. The summed E-state index contributed by atoms with van der Waals surface area (Å²) in [4.78, 5) is 47.7. The quantitative estimate of drug-likeness (QED) is 0.670. The van der Waals surface area contributed by atoms with E-state index in [4.69, 9.17) is 0 Å². The van der Waals surface area contributed by atoms with E-state index in [0.717, 1.165) is 55.1 Å². The van der Waals surface area contributed by atoms with Gasteiger partial charge in [0, 0.05) is 51.0 Å². The fourth-order valence-electron chi connectivity index (χ4n) is 4.35. The normalized spacial score (nSPS) is 17.2. The van der Waals surface area contributed by atoms with Crippen LogP contribution in [0.5, 0.6) is 0 Å². The van der Waals surface area contributed by atoms with Crippen LogP contribution in [-0.4, -0.2) is 76.7 Å². The van der Waals surface area contributed by atoms with Crippen LogP contribution in [-0.2, 0) is 11.2 Å². The zero-order valence-electron chi connectivity index (χ0n) is 18.1. The lowest BCUT2D eigenvalue weighted by Crippen LogP contribution is -2.49. The summed E-state index contributed by atoms with van der Waals surface area (Å²) in [5.41, 5.74) is 2.78. The van der Waals surface area contributed by atoms with E-state index >= 15 is 0 Å². The Bertz CT molecular complexity index is 984. The Morgan fingerprint density at radius 3 is 2.55 bits per heavy atom. The number of nitrogens with zero attached hydrogens (tertiary/aromatic N) is 4. The van der Waals surface area contributed by atoms with Crippen molar-refractivity contribution in [1.82, 2.24) is 19.7 Å². The van der Waals surface area contributed by atoms with Crippen LogP contribution in [0.1, 0.15) is 44.8 Å². The Labute approximate surface area is 182 Å². The molecule has 1 aromatic carbocycles. The number of rotatable bonds is 6. The number of hydrogen-bond donors (Lipinski definition) is 0. The predicted molar refractivity (Wildman–Crippen MR) is 117 cm³/mol. The van der Waals surface area contributed by atoms with Crippen molar-refractivity contribution in [2.24, 2.45) is 0 Å². The number of piperidine rings is 1. The van der Waals surface area contributed by atoms with E-state index in [9.17, 15) is 14.4 Å². The van der Waals surface area contributed by atoms with Crippen molar-refractivity contribution >= 4 is 17.7 Å². The van der Waals surface area contributed by atoms with E-state index in [1.165, 1.54) is 0 Å². The molecule has 0 N–H and O–H groups in total. The zero-order valence-corrected chi connectivity index (χ0v) is 18.1. The second-order valence-electron chi connectivity index (χ2n) is 8.39. The van der Waals surface area contributed by atoms with E-state index < -0.39 is 0 Å². The minimum Gasteiger partial charge on any atom is -0.341 e. The smallest absolute Gasteiger partial charge is 0.262 e. The molecular weight excluding hydrogens is 392 g/mol. The molecule has 0 bridgehead atoms. The van der Waals surface area contributed by atoms with Crippen LogP contribution in [0.15, 0.2) is 42.6 Å². The summed E-state index contributed by atoms with van der Waals surface area (Å²) < 4.78 is 0. The number of imide groups is 1. The molecular formula is C24H28N4O3. The van der Waals surface area contributed by atoms with Crippen LogP contribution in [0.3, 0.4) is 0 Å². The van der Waals surface area contributed by atoms with Crippen LogP contribution in [0.4, 0.5) is 0 Å². The van der Waals surface area contributed by atoms with Gasteiger partial charge in [-0.3, -0.25) is 24.3 Å². The van der Waals surface area contributed by atoms with Gasteiger partial charge in [-0.2, -0.15) is 0 Å². The Morgan fingerprint density at radius 2 is 1.84 bits per heavy atom. The molecule has 2 aromatic rings. The Hall–Kier alpha value is -3.06. The van der Waals surface area contributed by atoms with E-state index in [1.807, 2.05) is 37.4 Å². The van der Waals surface area contributed by atoms with Gasteiger partial charge in [0.25, 0.3) is 11.8 Å². The van der Waals surface area contributed by atoms with Crippen molar-refractivity contribution in [2.75, 3.05) is 33.2 Å². The van der Waals surface area contributed by atoms with Gasteiger partial charge >= 0.3 is 0 Å². The maximum Gasteiger partial charge on any atom is 0.262 e. The van der Waals surface area contributed by atoms with Crippen molar-refractivity contribution in [2.45, 2.75) is 32.2 Å².